The lowest BCUT2D eigenvalue weighted by molar-refractivity contribution is 0.430. The molecule has 3 atom stereocenters. The van der Waals surface area contributed by atoms with Crippen molar-refractivity contribution in [1.29, 1.82) is 0 Å². The van der Waals surface area contributed by atoms with Crippen LogP contribution in [0.4, 0.5) is 0 Å². The van der Waals surface area contributed by atoms with E-state index in [1.54, 1.807) is 0 Å². The lowest BCUT2D eigenvalue weighted by Gasteiger charge is -2.23. The summed E-state index contributed by atoms with van der Waals surface area (Å²) in [4.78, 5) is 16.7. The van der Waals surface area contributed by atoms with Crippen molar-refractivity contribution in [2.24, 2.45) is 5.73 Å². The number of rotatable bonds is 4. The van der Waals surface area contributed by atoms with Crippen LogP contribution >= 0.6 is 0 Å². The monoisotopic (exact) mass is 248 g/mol. The van der Waals surface area contributed by atoms with Gasteiger partial charge in [-0.05, 0) is 38.5 Å². The molecule has 1 aromatic carbocycles. The number of aromatic amines is 2. The lowest BCUT2D eigenvalue weighted by atomic mass is 10.1. The molecule has 5 heteroatoms. The van der Waals surface area contributed by atoms with Crippen molar-refractivity contribution in [3.05, 3.63) is 34.2 Å². The van der Waals surface area contributed by atoms with Gasteiger partial charge in [-0.1, -0.05) is 6.07 Å². The fourth-order valence-corrected chi connectivity index (χ4v) is 1.96. The Hall–Kier alpha value is -1.59. The molecule has 0 spiro atoms. The normalized spacial score (nSPS) is 16.7. The SMILES string of the molecule is CC(NC(C)C(C)N)c1ccc2[nH]c(=O)[nH]c2c1. The van der Waals surface area contributed by atoms with E-state index in [4.69, 9.17) is 5.73 Å². The van der Waals surface area contributed by atoms with E-state index >= 15 is 0 Å². The summed E-state index contributed by atoms with van der Waals surface area (Å²) in [5.74, 6) is 0. The summed E-state index contributed by atoms with van der Waals surface area (Å²) >= 11 is 0. The second-order valence-corrected chi connectivity index (χ2v) is 4.92. The number of H-pyrrole nitrogens is 2. The van der Waals surface area contributed by atoms with E-state index in [-0.39, 0.29) is 23.8 Å². The number of nitrogens with one attached hydrogen (secondary N) is 3. The molecule has 0 aliphatic heterocycles. The molecule has 0 saturated heterocycles. The lowest BCUT2D eigenvalue weighted by Crippen LogP contribution is -2.41. The third-order valence-electron chi connectivity index (χ3n) is 3.34. The Bertz CT molecular complexity index is 584. The second-order valence-electron chi connectivity index (χ2n) is 4.92. The molecule has 0 aliphatic rings. The van der Waals surface area contributed by atoms with Crippen molar-refractivity contribution >= 4 is 11.0 Å². The van der Waals surface area contributed by atoms with Gasteiger partial charge in [0.05, 0.1) is 11.0 Å². The number of fused-ring (bicyclic) bond motifs is 1. The quantitative estimate of drug-likeness (QED) is 0.656. The largest absolute Gasteiger partial charge is 0.327 e. The number of imidazole rings is 1. The van der Waals surface area contributed by atoms with Gasteiger partial charge in [0, 0.05) is 18.1 Å². The molecule has 2 rings (SSSR count). The van der Waals surface area contributed by atoms with Crippen molar-refractivity contribution in [2.45, 2.75) is 38.9 Å². The Labute approximate surface area is 106 Å². The van der Waals surface area contributed by atoms with Gasteiger partial charge in [-0.25, -0.2) is 4.79 Å². The first-order chi connectivity index (χ1) is 8.47. The summed E-state index contributed by atoms with van der Waals surface area (Å²) in [6.07, 6.45) is 0. The highest BCUT2D eigenvalue weighted by molar-refractivity contribution is 5.75. The van der Waals surface area contributed by atoms with E-state index in [1.807, 2.05) is 25.1 Å². The Morgan fingerprint density at radius 1 is 1.17 bits per heavy atom. The fourth-order valence-electron chi connectivity index (χ4n) is 1.96. The highest BCUT2D eigenvalue weighted by atomic mass is 16.1. The van der Waals surface area contributed by atoms with Gasteiger partial charge in [-0.2, -0.15) is 0 Å². The topological polar surface area (TPSA) is 86.7 Å². The first-order valence-corrected chi connectivity index (χ1v) is 6.21. The highest BCUT2D eigenvalue weighted by Crippen LogP contribution is 2.17. The van der Waals surface area contributed by atoms with Gasteiger partial charge in [-0.3, -0.25) is 0 Å². The van der Waals surface area contributed by atoms with Crippen molar-refractivity contribution in [2.75, 3.05) is 0 Å². The van der Waals surface area contributed by atoms with E-state index in [0.29, 0.717) is 0 Å². The van der Waals surface area contributed by atoms with Crippen LogP contribution in [0.5, 0.6) is 0 Å². The molecule has 0 aliphatic carbocycles. The van der Waals surface area contributed by atoms with Crippen LogP contribution in [0.25, 0.3) is 11.0 Å². The summed E-state index contributed by atoms with van der Waals surface area (Å²) in [7, 11) is 0. The summed E-state index contributed by atoms with van der Waals surface area (Å²) in [6.45, 7) is 6.14. The predicted molar refractivity (Wildman–Crippen MR) is 73.6 cm³/mol. The minimum absolute atomic E-state index is 0.100. The number of nitrogens with two attached hydrogens (primary N) is 1. The molecule has 98 valence electrons. The Morgan fingerprint density at radius 3 is 2.50 bits per heavy atom. The Balaban J connectivity index is 2.22. The second kappa shape index (κ2) is 4.96. The van der Waals surface area contributed by atoms with Gasteiger partial charge in [0.15, 0.2) is 0 Å². The van der Waals surface area contributed by atoms with E-state index in [0.717, 1.165) is 16.6 Å². The van der Waals surface area contributed by atoms with Crippen molar-refractivity contribution in [1.82, 2.24) is 15.3 Å². The van der Waals surface area contributed by atoms with Gasteiger partial charge in [-0.15, -0.1) is 0 Å². The molecule has 5 nitrogen and oxygen atoms in total. The molecule has 1 heterocycles. The molecule has 3 unspecified atom stereocenters. The van der Waals surface area contributed by atoms with Crippen LogP contribution in [0, 0.1) is 0 Å². The third-order valence-corrected chi connectivity index (χ3v) is 3.34. The van der Waals surface area contributed by atoms with Crippen molar-refractivity contribution in [3.8, 4) is 0 Å². The zero-order valence-corrected chi connectivity index (χ0v) is 10.9. The van der Waals surface area contributed by atoms with Crippen LogP contribution in [0.2, 0.25) is 0 Å². The van der Waals surface area contributed by atoms with Crippen LogP contribution in [0.3, 0.4) is 0 Å². The average Bonchev–Trinajstić information content (AvgIpc) is 2.67. The zero-order valence-electron chi connectivity index (χ0n) is 10.9. The maximum Gasteiger partial charge on any atom is 0.323 e. The molecule has 5 N–H and O–H groups in total. The zero-order chi connectivity index (χ0) is 13.3. The molecule has 0 fully saturated rings. The first kappa shape index (κ1) is 12.9. The van der Waals surface area contributed by atoms with Crippen LogP contribution in [-0.2, 0) is 0 Å². The molecule has 2 aromatic rings. The van der Waals surface area contributed by atoms with Crippen LogP contribution in [0.15, 0.2) is 23.0 Å². The maximum absolute atomic E-state index is 11.2. The van der Waals surface area contributed by atoms with Crippen LogP contribution in [0.1, 0.15) is 32.4 Å². The fraction of sp³-hybridized carbons (Fsp3) is 0.462. The minimum atomic E-state index is -0.174. The minimum Gasteiger partial charge on any atom is -0.327 e. The van der Waals surface area contributed by atoms with Gasteiger partial charge >= 0.3 is 5.69 Å². The van der Waals surface area contributed by atoms with Gasteiger partial charge < -0.3 is 21.0 Å². The van der Waals surface area contributed by atoms with Crippen molar-refractivity contribution < 1.29 is 0 Å². The smallest absolute Gasteiger partial charge is 0.323 e. The maximum atomic E-state index is 11.2. The number of hydrogen-bond acceptors (Lipinski definition) is 3. The number of aromatic nitrogens is 2. The Morgan fingerprint density at radius 2 is 1.83 bits per heavy atom. The summed E-state index contributed by atoms with van der Waals surface area (Å²) < 4.78 is 0. The number of benzene rings is 1. The molecule has 1 aromatic heterocycles. The molecular formula is C13H20N4O. The third kappa shape index (κ3) is 2.63. The highest BCUT2D eigenvalue weighted by Gasteiger charge is 2.13. The predicted octanol–water partition coefficient (Wildman–Crippen LogP) is 1.24. The van der Waals surface area contributed by atoms with Crippen LogP contribution < -0.4 is 16.7 Å². The van der Waals surface area contributed by atoms with E-state index in [2.05, 4.69) is 29.1 Å². The standard InChI is InChI=1S/C13H20N4O/c1-7(14)8(2)15-9(3)10-4-5-11-12(6-10)17-13(18)16-11/h4-9,15H,14H2,1-3H3,(H2,16,17,18). The van der Waals surface area contributed by atoms with E-state index < -0.39 is 0 Å². The summed E-state index contributed by atoms with van der Waals surface area (Å²) in [5.41, 5.74) is 8.46. The average molecular weight is 248 g/mol. The first-order valence-electron chi connectivity index (χ1n) is 6.21. The van der Waals surface area contributed by atoms with Gasteiger partial charge in [0.2, 0.25) is 0 Å². The van der Waals surface area contributed by atoms with E-state index in [9.17, 15) is 4.79 Å². The summed E-state index contributed by atoms with van der Waals surface area (Å²) in [5, 5.41) is 3.44. The molecule has 18 heavy (non-hydrogen) atoms. The Kier molecular flexibility index (Phi) is 3.54. The molecule has 0 saturated carbocycles. The van der Waals surface area contributed by atoms with Crippen molar-refractivity contribution in [3.63, 3.8) is 0 Å². The number of hydrogen-bond donors (Lipinski definition) is 4. The van der Waals surface area contributed by atoms with E-state index in [1.165, 1.54) is 0 Å². The summed E-state index contributed by atoms with van der Waals surface area (Å²) in [6, 6.07) is 6.44. The van der Waals surface area contributed by atoms with Gasteiger partial charge in [0.25, 0.3) is 0 Å². The molecule has 0 amide bonds. The molecule has 0 radical (unpaired) electrons. The van der Waals surface area contributed by atoms with Crippen LogP contribution in [-0.4, -0.2) is 22.1 Å². The molecular weight excluding hydrogens is 228 g/mol. The molecule has 0 bridgehead atoms. The van der Waals surface area contributed by atoms with Gasteiger partial charge in [0.1, 0.15) is 0 Å².